The lowest BCUT2D eigenvalue weighted by Crippen LogP contribution is -2.31. The Hall–Kier alpha value is -3.16. The van der Waals surface area contributed by atoms with E-state index in [-0.39, 0.29) is 13.5 Å². The van der Waals surface area contributed by atoms with E-state index in [4.69, 9.17) is 18.9 Å². The zero-order chi connectivity index (χ0) is 27.8. The molecule has 0 aromatic heterocycles. The number of hydrogen-bond acceptors (Lipinski definition) is 6. The highest BCUT2D eigenvalue weighted by atomic mass is 16.6. The number of ether oxygens (including phenoxy) is 4. The van der Waals surface area contributed by atoms with Crippen LogP contribution in [0.2, 0.25) is 0 Å². The molecule has 8 nitrogen and oxygen atoms in total. The maximum atomic E-state index is 11.9. The van der Waals surface area contributed by atoms with E-state index < -0.39 is 12.2 Å². The summed E-state index contributed by atoms with van der Waals surface area (Å²) in [7, 11) is 5.91. The molecule has 0 bridgehead atoms. The van der Waals surface area contributed by atoms with Gasteiger partial charge in [-0.1, -0.05) is 43.1 Å². The molecule has 1 aromatic carbocycles. The molecule has 0 radical (unpaired) electrons. The van der Waals surface area contributed by atoms with Crippen molar-refractivity contribution in [1.82, 2.24) is 9.80 Å². The number of aryl methyl sites for hydroxylation is 1. The summed E-state index contributed by atoms with van der Waals surface area (Å²) < 4.78 is 21.8. The minimum Gasteiger partial charge on any atom is -0.472 e. The van der Waals surface area contributed by atoms with Gasteiger partial charge in [-0.2, -0.15) is 0 Å². The molecule has 0 spiro atoms. The highest BCUT2D eigenvalue weighted by molar-refractivity contribution is 5.67. The molecule has 1 rings (SSSR count). The summed E-state index contributed by atoms with van der Waals surface area (Å²) in [5.74, 6) is 1.29. The number of unbranched alkanes of at least 4 members (excludes halogenated alkanes) is 2. The van der Waals surface area contributed by atoms with Crippen molar-refractivity contribution in [2.45, 2.75) is 72.6 Å². The minimum atomic E-state index is -0.480. The second-order valence-corrected chi connectivity index (χ2v) is 9.49. The summed E-state index contributed by atoms with van der Waals surface area (Å²) in [6.45, 7) is 8.56. The van der Waals surface area contributed by atoms with Crippen LogP contribution in [0.4, 0.5) is 9.59 Å². The first-order chi connectivity index (χ1) is 17.6. The molecule has 0 unspecified atom stereocenters. The Balaban J connectivity index is 3.34. The smallest absolute Gasteiger partial charge is 0.411 e. The van der Waals surface area contributed by atoms with Gasteiger partial charge in [-0.15, -0.1) is 0 Å². The second kappa shape index (κ2) is 17.3. The van der Waals surface area contributed by atoms with Crippen LogP contribution in [0.1, 0.15) is 70.9 Å². The first-order valence-corrected chi connectivity index (χ1v) is 12.9. The number of benzene rings is 1. The first-order valence-electron chi connectivity index (χ1n) is 12.9. The lowest BCUT2D eigenvalue weighted by molar-refractivity contribution is 0.0956. The summed E-state index contributed by atoms with van der Waals surface area (Å²) in [5, 5.41) is 0. The molecule has 0 aliphatic carbocycles. The third-order valence-corrected chi connectivity index (χ3v) is 5.84. The van der Waals surface area contributed by atoms with E-state index in [1.165, 1.54) is 35.2 Å². The van der Waals surface area contributed by atoms with Crippen molar-refractivity contribution in [2.24, 2.45) is 0 Å². The predicted octanol–water partition coefficient (Wildman–Crippen LogP) is 6.72. The highest BCUT2D eigenvalue weighted by Gasteiger charge is 2.17. The van der Waals surface area contributed by atoms with Crippen LogP contribution >= 0.6 is 0 Å². The van der Waals surface area contributed by atoms with Crippen LogP contribution in [0.5, 0.6) is 11.5 Å². The molecule has 0 aliphatic heterocycles. The topological polar surface area (TPSA) is 77.5 Å². The molecule has 0 fully saturated rings. The lowest BCUT2D eigenvalue weighted by Gasteiger charge is -2.22. The van der Waals surface area contributed by atoms with Gasteiger partial charge in [0.1, 0.15) is 11.5 Å². The third kappa shape index (κ3) is 12.1. The molecule has 0 heterocycles. The van der Waals surface area contributed by atoms with E-state index in [1.54, 1.807) is 14.1 Å². The van der Waals surface area contributed by atoms with Crippen molar-refractivity contribution in [3.8, 4) is 11.5 Å². The quantitative estimate of drug-likeness (QED) is 0.146. The molecule has 0 atom stereocenters. The number of carbonyl (C=O) groups excluding carboxylic acids is 2. The fourth-order valence-electron chi connectivity index (χ4n) is 3.57. The Kier molecular flexibility index (Phi) is 14.9. The number of amides is 2. The first kappa shape index (κ1) is 31.9. The normalized spacial score (nSPS) is 11.0. The van der Waals surface area contributed by atoms with Crippen molar-refractivity contribution < 1.29 is 28.5 Å². The molecular formula is C29H46N2O6. The summed E-state index contributed by atoms with van der Waals surface area (Å²) in [6, 6.07) is 4.05. The standard InChI is InChI=1S/C29H46N2O6/c1-9-10-11-15-24-18-26(36-20-30(5)28(32)34-7)25(17-16-23(4)14-12-13-22(2)3)27(19-24)37-21-31(6)29(33)35-8/h13,16,18-19H,9-12,14-15,17,20-21H2,1-8H3/b23-16+. The summed E-state index contributed by atoms with van der Waals surface area (Å²) in [4.78, 5) is 26.5. The van der Waals surface area contributed by atoms with Crippen molar-refractivity contribution in [3.63, 3.8) is 0 Å². The van der Waals surface area contributed by atoms with E-state index in [2.05, 4.69) is 39.8 Å². The van der Waals surface area contributed by atoms with Gasteiger partial charge in [0.2, 0.25) is 0 Å². The van der Waals surface area contributed by atoms with Gasteiger partial charge in [-0.3, -0.25) is 9.80 Å². The third-order valence-electron chi connectivity index (χ3n) is 5.84. The van der Waals surface area contributed by atoms with Gasteiger partial charge in [0.05, 0.1) is 14.2 Å². The maximum absolute atomic E-state index is 11.9. The average Bonchev–Trinajstić information content (AvgIpc) is 2.88. The Morgan fingerprint density at radius 1 is 0.865 bits per heavy atom. The van der Waals surface area contributed by atoms with E-state index in [1.807, 2.05) is 12.1 Å². The van der Waals surface area contributed by atoms with Gasteiger partial charge < -0.3 is 18.9 Å². The van der Waals surface area contributed by atoms with Crippen molar-refractivity contribution in [1.29, 1.82) is 0 Å². The second-order valence-electron chi connectivity index (χ2n) is 9.49. The highest BCUT2D eigenvalue weighted by Crippen LogP contribution is 2.33. The van der Waals surface area contributed by atoms with Gasteiger partial charge in [-0.25, -0.2) is 9.59 Å². The Morgan fingerprint density at radius 2 is 1.41 bits per heavy atom. The summed E-state index contributed by atoms with van der Waals surface area (Å²) >= 11 is 0. The van der Waals surface area contributed by atoms with Crippen molar-refractivity contribution >= 4 is 12.2 Å². The van der Waals surface area contributed by atoms with E-state index >= 15 is 0 Å². The van der Waals surface area contributed by atoms with Gasteiger partial charge >= 0.3 is 12.2 Å². The van der Waals surface area contributed by atoms with Gasteiger partial charge in [0, 0.05) is 19.7 Å². The number of nitrogens with zero attached hydrogens (tertiary/aromatic N) is 2. The lowest BCUT2D eigenvalue weighted by atomic mass is 10.00. The predicted molar refractivity (Wildman–Crippen MR) is 147 cm³/mol. The van der Waals surface area contributed by atoms with Gasteiger partial charge in [0.25, 0.3) is 0 Å². The largest absolute Gasteiger partial charge is 0.472 e. The van der Waals surface area contributed by atoms with Gasteiger partial charge in [-0.05, 0) is 70.6 Å². The molecule has 1 aromatic rings. The number of methoxy groups -OCH3 is 2. The van der Waals surface area contributed by atoms with Crippen LogP contribution < -0.4 is 9.47 Å². The number of allylic oxidation sites excluding steroid dienone is 4. The Labute approximate surface area is 223 Å². The summed E-state index contributed by atoms with van der Waals surface area (Å²) in [5.41, 5.74) is 4.51. The number of carbonyl (C=O) groups is 2. The van der Waals surface area contributed by atoms with Crippen molar-refractivity contribution in [3.05, 3.63) is 46.6 Å². The number of hydrogen-bond donors (Lipinski definition) is 0. The minimum absolute atomic E-state index is 0.0306. The number of rotatable bonds is 15. The Bertz CT molecular complexity index is 874. The monoisotopic (exact) mass is 518 g/mol. The van der Waals surface area contributed by atoms with E-state index in [0.717, 1.165) is 49.7 Å². The van der Waals surface area contributed by atoms with E-state index in [0.29, 0.717) is 17.9 Å². The van der Waals surface area contributed by atoms with Crippen LogP contribution in [0.3, 0.4) is 0 Å². The van der Waals surface area contributed by atoms with Crippen LogP contribution in [0.25, 0.3) is 0 Å². The fraction of sp³-hybridized carbons (Fsp3) is 0.586. The SMILES string of the molecule is CCCCCc1cc(OCN(C)C(=O)OC)c(C/C=C(\C)CCC=C(C)C)c(OCN(C)C(=O)OC)c1. The molecular weight excluding hydrogens is 472 g/mol. The van der Waals surface area contributed by atoms with Crippen LogP contribution in [0, 0.1) is 0 Å². The fourth-order valence-corrected chi connectivity index (χ4v) is 3.57. The average molecular weight is 519 g/mol. The zero-order valence-corrected chi connectivity index (χ0v) is 24.0. The molecule has 2 amide bonds. The molecule has 37 heavy (non-hydrogen) atoms. The van der Waals surface area contributed by atoms with Crippen molar-refractivity contribution in [2.75, 3.05) is 41.8 Å². The van der Waals surface area contributed by atoms with Crippen LogP contribution in [-0.4, -0.2) is 63.8 Å². The molecule has 0 N–H and O–H groups in total. The maximum Gasteiger partial charge on any atom is 0.411 e. The molecule has 208 valence electrons. The molecule has 0 aliphatic rings. The van der Waals surface area contributed by atoms with Gasteiger partial charge in [0.15, 0.2) is 13.5 Å². The van der Waals surface area contributed by atoms with E-state index in [9.17, 15) is 9.59 Å². The molecule has 0 saturated heterocycles. The summed E-state index contributed by atoms with van der Waals surface area (Å²) in [6.07, 6.45) is 10.1. The zero-order valence-electron chi connectivity index (χ0n) is 24.0. The Morgan fingerprint density at radius 3 is 1.86 bits per heavy atom. The molecule has 8 heteroatoms. The molecule has 0 saturated carbocycles. The van der Waals surface area contributed by atoms with Crippen LogP contribution in [-0.2, 0) is 22.3 Å². The van der Waals surface area contributed by atoms with Crippen LogP contribution in [0.15, 0.2) is 35.4 Å².